The van der Waals surface area contributed by atoms with E-state index >= 15 is 0 Å². The highest BCUT2D eigenvalue weighted by Crippen LogP contribution is 2.00. The zero-order chi connectivity index (χ0) is 8.55. The van der Waals surface area contributed by atoms with Crippen LogP contribution < -0.4 is 11.4 Å². The first-order chi connectivity index (χ1) is 5.79. The lowest BCUT2D eigenvalue weighted by atomic mass is 10.3. The fourth-order valence-electron chi connectivity index (χ4n) is 0.994. The molecule has 0 fully saturated rings. The van der Waals surface area contributed by atoms with E-state index in [-0.39, 0.29) is 5.56 Å². The minimum atomic E-state index is -0.284. The van der Waals surface area contributed by atoms with Gasteiger partial charge in [0.15, 0.2) is 0 Å². The van der Waals surface area contributed by atoms with Crippen molar-refractivity contribution in [2.24, 2.45) is 0 Å². The van der Waals surface area contributed by atoms with Crippen LogP contribution in [-0.2, 0) is 0 Å². The van der Waals surface area contributed by atoms with E-state index in [1.54, 1.807) is 6.07 Å². The molecule has 2 heterocycles. The molecule has 12 heavy (non-hydrogen) atoms. The second-order valence-corrected chi connectivity index (χ2v) is 2.35. The Morgan fingerprint density at radius 3 is 3.17 bits per heavy atom. The molecule has 60 valence electrons. The summed E-state index contributed by atoms with van der Waals surface area (Å²) in [7, 11) is 0. The van der Waals surface area contributed by atoms with Crippen LogP contribution >= 0.6 is 0 Å². The first-order valence-corrected chi connectivity index (χ1v) is 3.35. The molecule has 0 saturated carbocycles. The molecule has 0 aromatic carbocycles. The van der Waals surface area contributed by atoms with Crippen molar-refractivity contribution in [1.82, 2.24) is 14.6 Å². The molecule has 0 radical (unpaired) electrons. The minimum Gasteiger partial charge on any atom is -0.336 e. The zero-order valence-electron chi connectivity index (χ0n) is 6.14. The van der Waals surface area contributed by atoms with Crippen LogP contribution in [0, 0.1) is 0 Å². The Labute approximate surface area is 67.5 Å². The third-order valence-corrected chi connectivity index (χ3v) is 1.60. The first kappa shape index (κ1) is 6.78. The van der Waals surface area contributed by atoms with Crippen LogP contribution in [0.25, 0.3) is 10.9 Å². The molecular formula is C7H6N4O. The van der Waals surface area contributed by atoms with E-state index in [4.69, 9.17) is 5.84 Å². The number of pyridine rings is 1. The summed E-state index contributed by atoms with van der Waals surface area (Å²) in [4.78, 5) is 18.9. The molecule has 0 saturated heterocycles. The Morgan fingerprint density at radius 1 is 1.50 bits per heavy atom. The Balaban J connectivity index is 3.01. The molecule has 2 rings (SSSR count). The molecule has 2 aromatic rings. The monoisotopic (exact) mass is 162 g/mol. The lowest BCUT2D eigenvalue weighted by molar-refractivity contribution is 0.948. The van der Waals surface area contributed by atoms with Crippen LogP contribution in [-0.4, -0.2) is 14.6 Å². The molecule has 0 bridgehead atoms. The molecule has 5 heteroatoms. The van der Waals surface area contributed by atoms with E-state index < -0.39 is 0 Å². The Hall–Kier alpha value is -1.91. The fraction of sp³-hybridized carbons (Fsp3) is 0. The third kappa shape index (κ3) is 0.833. The van der Waals surface area contributed by atoms with Gasteiger partial charge in [-0.15, -0.1) is 0 Å². The summed E-state index contributed by atoms with van der Waals surface area (Å²) >= 11 is 0. The molecule has 0 aliphatic heterocycles. The van der Waals surface area contributed by atoms with E-state index in [0.717, 1.165) is 4.68 Å². The first-order valence-electron chi connectivity index (χ1n) is 3.35. The zero-order valence-corrected chi connectivity index (χ0v) is 6.14. The highest BCUT2D eigenvalue weighted by atomic mass is 16.1. The smallest absolute Gasteiger partial charge is 0.279 e. The lowest BCUT2D eigenvalue weighted by Gasteiger charge is -1.97. The lowest BCUT2D eigenvalue weighted by Crippen LogP contribution is -2.26. The van der Waals surface area contributed by atoms with Crippen molar-refractivity contribution in [2.75, 3.05) is 5.84 Å². The molecule has 0 spiro atoms. The minimum absolute atomic E-state index is 0.284. The molecule has 0 atom stereocenters. The van der Waals surface area contributed by atoms with Crippen LogP contribution in [0.1, 0.15) is 0 Å². The molecule has 0 aliphatic carbocycles. The molecule has 5 nitrogen and oxygen atoms in total. The Bertz CT molecular complexity index is 476. The van der Waals surface area contributed by atoms with Crippen molar-refractivity contribution in [3.8, 4) is 0 Å². The van der Waals surface area contributed by atoms with Gasteiger partial charge in [-0.2, -0.15) is 0 Å². The number of nitrogens with two attached hydrogens (primary N) is 1. The maximum absolute atomic E-state index is 11.3. The molecular weight excluding hydrogens is 156 g/mol. The second-order valence-electron chi connectivity index (χ2n) is 2.35. The average Bonchev–Trinajstić information content (AvgIpc) is 2.12. The van der Waals surface area contributed by atoms with Gasteiger partial charge in [0.1, 0.15) is 6.33 Å². The van der Waals surface area contributed by atoms with E-state index in [1.165, 1.54) is 18.7 Å². The number of nitrogen functional groups attached to an aromatic ring is 1. The summed E-state index contributed by atoms with van der Waals surface area (Å²) in [6.45, 7) is 0. The van der Waals surface area contributed by atoms with Crippen LogP contribution in [0.15, 0.2) is 29.6 Å². The third-order valence-electron chi connectivity index (χ3n) is 1.60. The summed E-state index contributed by atoms with van der Waals surface area (Å²) < 4.78 is 1.01. The normalized spacial score (nSPS) is 10.3. The van der Waals surface area contributed by atoms with Gasteiger partial charge in [0.25, 0.3) is 5.56 Å². The van der Waals surface area contributed by atoms with E-state index in [0.29, 0.717) is 10.9 Å². The molecule has 2 aromatic heterocycles. The van der Waals surface area contributed by atoms with Gasteiger partial charge in [-0.25, -0.2) is 14.6 Å². The molecule has 0 unspecified atom stereocenters. The molecule has 2 N–H and O–H groups in total. The molecule has 0 amide bonds. The number of fused-ring (bicyclic) bond motifs is 1. The second kappa shape index (κ2) is 2.30. The fourth-order valence-corrected chi connectivity index (χ4v) is 0.994. The van der Waals surface area contributed by atoms with Crippen molar-refractivity contribution in [1.29, 1.82) is 0 Å². The van der Waals surface area contributed by atoms with E-state index in [9.17, 15) is 4.79 Å². The van der Waals surface area contributed by atoms with E-state index in [2.05, 4.69) is 9.97 Å². The summed E-state index contributed by atoms with van der Waals surface area (Å²) in [5, 5.41) is 0.433. The van der Waals surface area contributed by atoms with Gasteiger partial charge in [-0.05, 0) is 6.07 Å². The Morgan fingerprint density at radius 2 is 2.33 bits per heavy atom. The van der Waals surface area contributed by atoms with Crippen LogP contribution in [0.3, 0.4) is 0 Å². The summed E-state index contributed by atoms with van der Waals surface area (Å²) in [6, 6.07) is 1.67. The van der Waals surface area contributed by atoms with Crippen molar-refractivity contribution < 1.29 is 0 Å². The quantitative estimate of drug-likeness (QED) is 0.530. The van der Waals surface area contributed by atoms with E-state index in [1.807, 2.05) is 0 Å². The SMILES string of the molecule is Nn1ccc2ncncc2c1=O. The number of rotatable bonds is 0. The van der Waals surface area contributed by atoms with Crippen molar-refractivity contribution in [3.05, 3.63) is 35.1 Å². The van der Waals surface area contributed by atoms with Gasteiger partial charge in [0, 0.05) is 12.4 Å². The van der Waals surface area contributed by atoms with Gasteiger partial charge >= 0.3 is 0 Å². The highest BCUT2D eigenvalue weighted by molar-refractivity contribution is 5.75. The summed E-state index contributed by atoms with van der Waals surface area (Å²) in [5.74, 6) is 5.33. The summed E-state index contributed by atoms with van der Waals surface area (Å²) in [6.07, 6.45) is 4.31. The van der Waals surface area contributed by atoms with Gasteiger partial charge in [-0.3, -0.25) is 4.79 Å². The topological polar surface area (TPSA) is 73.8 Å². The predicted octanol–water partition coefficient (Wildman–Crippen LogP) is -0.495. The maximum atomic E-state index is 11.3. The largest absolute Gasteiger partial charge is 0.336 e. The van der Waals surface area contributed by atoms with Gasteiger partial charge < -0.3 is 5.84 Å². The number of aromatic nitrogens is 3. The van der Waals surface area contributed by atoms with Gasteiger partial charge in [0.05, 0.1) is 10.9 Å². The molecule has 0 aliphatic rings. The predicted molar refractivity (Wildman–Crippen MR) is 43.9 cm³/mol. The number of hydrogen-bond donors (Lipinski definition) is 1. The average molecular weight is 162 g/mol. The number of nitrogens with zero attached hydrogens (tertiary/aromatic N) is 3. The highest BCUT2D eigenvalue weighted by Gasteiger charge is 1.99. The number of hydrogen-bond acceptors (Lipinski definition) is 4. The van der Waals surface area contributed by atoms with Crippen molar-refractivity contribution >= 4 is 10.9 Å². The standard InChI is InChI=1S/C7H6N4O/c8-11-2-1-6-5(7(11)12)3-9-4-10-6/h1-4H,8H2. The van der Waals surface area contributed by atoms with Crippen LogP contribution in [0.4, 0.5) is 0 Å². The maximum Gasteiger partial charge on any atom is 0.279 e. The van der Waals surface area contributed by atoms with Gasteiger partial charge in [0.2, 0.25) is 0 Å². The van der Waals surface area contributed by atoms with Crippen LogP contribution in [0.2, 0.25) is 0 Å². The van der Waals surface area contributed by atoms with Gasteiger partial charge in [-0.1, -0.05) is 0 Å². The van der Waals surface area contributed by atoms with Crippen LogP contribution in [0.5, 0.6) is 0 Å². The summed E-state index contributed by atoms with van der Waals surface area (Å²) in [5.41, 5.74) is 0.324. The van der Waals surface area contributed by atoms with Crippen molar-refractivity contribution in [3.63, 3.8) is 0 Å². The van der Waals surface area contributed by atoms with Crippen molar-refractivity contribution in [2.45, 2.75) is 0 Å². The Kier molecular flexibility index (Phi) is 1.30.